The molecule has 0 radical (unpaired) electrons. The summed E-state index contributed by atoms with van der Waals surface area (Å²) in [7, 11) is -10.1. The van der Waals surface area contributed by atoms with Crippen molar-refractivity contribution in [3.8, 4) is 0 Å². The van der Waals surface area contributed by atoms with Crippen molar-refractivity contribution in [3.63, 3.8) is 0 Å². The third-order valence-electron chi connectivity index (χ3n) is 0. The second-order valence-electron chi connectivity index (χ2n) is 1.12. The van der Waals surface area contributed by atoms with Crippen LogP contribution in [0.15, 0.2) is 0 Å². The SMILES string of the molecule is O=P([O-])(O)O.O=S(=O)([O-])[O-].O=[N+]([O-])[O-].[K+].[Mg+2].[NH4+]. The van der Waals surface area contributed by atoms with Gasteiger partial charge in [0.15, 0.2) is 0 Å². The second kappa shape index (κ2) is 17.5. The van der Waals surface area contributed by atoms with Crippen LogP contribution in [-0.2, 0) is 15.0 Å². The van der Waals surface area contributed by atoms with Gasteiger partial charge in [-0.3, -0.25) is 13.0 Å². The molecule has 0 aliphatic rings. The first kappa shape index (κ1) is 36.3. The Bertz CT molecular complexity index is 274. The predicted octanol–water partition coefficient (Wildman–Crippen LogP) is -6.14. The van der Waals surface area contributed by atoms with Gasteiger partial charge in [-0.1, -0.05) is 0 Å². The quantitative estimate of drug-likeness (QED) is 0.0934. The van der Waals surface area contributed by atoms with Crippen molar-refractivity contribution < 1.29 is 93.2 Å². The predicted molar refractivity (Wildman–Crippen MR) is 44.6 cm³/mol. The molecule has 0 fully saturated rings. The van der Waals surface area contributed by atoms with Crippen molar-refractivity contribution in [1.29, 1.82) is 0 Å². The molecule has 0 aliphatic carbocycles. The Morgan fingerprint density at radius 3 is 1.12 bits per heavy atom. The summed E-state index contributed by atoms with van der Waals surface area (Å²) in [5.74, 6) is 0. The first-order valence-electron chi connectivity index (χ1n) is 1.98. The molecule has 0 unspecified atom stereocenters. The van der Waals surface area contributed by atoms with Crippen molar-refractivity contribution in [2.45, 2.75) is 0 Å². The van der Waals surface area contributed by atoms with Gasteiger partial charge < -0.3 is 45.3 Å². The Labute approximate surface area is 154 Å². The fourth-order valence-corrected chi connectivity index (χ4v) is 0. The van der Waals surface area contributed by atoms with Gasteiger partial charge >= 0.3 is 74.4 Å². The molecule has 17 heteroatoms. The summed E-state index contributed by atoms with van der Waals surface area (Å²) < 4.78 is 42.9. The summed E-state index contributed by atoms with van der Waals surface area (Å²) in [6.45, 7) is 0. The van der Waals surface area contributed by atoms with E-state index in [4.69, 9.17) is 52.1 Å². The molecule has 0 saturated heterocycles. The van der Waals surface area contributed by atoms with Crippen molar-refractivity contribution in [3.05, 3.63) is 15.3 Å². The summed E-state index contributed by atoms with van der Waals surface area (Å²) in [6, 6.07) is 0. The summed E-state index contributed by atoms with van der Waals surface area (Å²) >= 11 is 0. The van der Waals surface area contributed by atoms with Gasteiger partial charge in [-0.25, -0.2) is 0 Å². The van der Waals surface area contributed by atoms with Crippen molar-refractivity contribution in [1.82, 2.24) is 6.15 Å². The maximum atomic E-state index is 8.77. The minimum Gasteiger partial charge on any atom is -0.759 e. The van der Waals surface area contributed by atoms with Crippen LogP contribution in [0.3, 0.4) is 0 Å². The van der Waals surface area contributed by atoms with E-state index in [1.807, 2.05) is 0 Å². The van der Waals surface area contributed by atoms with Crippen molar-refractivity contribution in [2.24, 2.45) is 0 Å². The molecular weight excluding hydrogens is 330 g/mol. The van der Waals surface area contributed by atoms with E-state index >= 15 is 0 Å². The molecule has 0 aromatic rings. The number of nitrogens with zero attached hydrogens (tertiary/aromatic N) is 1. The van der Waals surface area contributed by atoms with Crippen LogP contribution in [0.2, 0.25) is 0 Å². The molecular formula is H6KMgN2O11PS. The third-order valence-corrected chi connectivity index (χ3v) is 0. The van der Waals surface area contributed by atoms with E-state index in [-0.39, 0.29) is 80.6 Å². The van der Waals surface area contributed by atoms with E-state index in [1.54, 1.807) is 0 Å². The largest absolute Gasteiger partial charge is 2.00 e. The zero-order valence-electron chi connectivity index (χ0n) is 8.58. The van der Waals surface area contributed by atoms with Crippen LogP contribution in [0, 0.1) is 15.3 Å². The van der Waals surface area contributed by atoms with Crippen LogP contribution >= 0.6 is 7.82 Å². The molecule has 0 aromatic carbocycles. The standard InChI is InChI=1S/K.Mg.NO3.H3N.H3O4P.H2O4S/c;;2-1(3)4;;2*1-5(2,3)4/h;;;1H3;(H3,1,2,3,4);(H2,1,2,3,4)/q+1;+2;-1;;;/p-2. The Hall–Kier alpha value is 1.54. The fourth-order valence-electron chi connectivity index (χ4n) is 0. The Morgan fingerprint density at radius 1 is 1.12 bits per heavy atom. The van der Waals surface area contributed by atoms with Crippen LogP contribution in [0.25, 0.3) is 0 Å². The molecule has 0 rings (SSSR count). The summed E-state index contributed by atoms with van der Waals surface area (Å²) in [6.07, 6.45) is 0. The molecule has 17 heavy (non-hydrogen) atoms. The molecule has 96 valence electrons. The topological polar surface area (TPSA) is 264 Å². The average Bonchev–Trinajstić information content (AvgIpc) is 1.45. The van der Waals surface area contributed by atoms with Gasteiger partial charge in [0.05, 0.1) is 5.09 Å². The number of quaternary nitrogens is 1. The van der Waals surface area contributed by atoms with Crippen LogP contribution in [0.1, 0.15) is 0 Å². The Kier molecular flexibility index (Phi) is 37.4. The number of rotatable bonds is 0. The zero-order chi connectivity index (χ0) is 12.6. The molecule has 6 N–H and O–H groups in total. The number of phosphoric acid groups is 1. The number of hydrogen-bond acceptors (Lipinski definition) is 9. The van der Waals surface area contributed by atoms with E-state index in [2.05, 4.69) is 0 Å². The van der Waals surface area contributed by atoms with Crippen LogP contribution in [-0.4, -0.2) is 55.4 Å². The maximum absolute atomic E-state index is 8.77. The van der Waals surface area contributed by atoms with Gasteiger partial charge in [-0.15, -0.1) is 0 Å². The van der Waals surface area contributed by atoms with Crippen LogP contribution in [0.4, 0.5) is 0 Å². The molecule has 0 aromatic heterocycles. The molecule has 13 nitrogen and oxygen atoms in total. The monoisotopic (exact) mass is 336 g/mol. The second-order valence-corrected chi connectivity index (χ2v) is 2.92. The van der Waals surface area contributed by atoms with Gasteiger partial charge in [-0.2, -0.15) is 0 Å². The van der Waals surface area contributed by atoms with Crippen LogP contribution in [0.5, 0.6) is 0 Å². The van der Waals surface area contributed by atoms with Crippen LogP contribution < -0.4 is 62.4 Å². The summed E-state index contributed by atoms with van der Waals surface area (Å²) in [4.78, 5) is 31.2. The molecule has 0 amide bonds. The van der Waals surface area contributed by atoms with Crippen molar-refractivity contribution in [2.75, 3.05) is 0 Å². The van der Waals surface area contributed by atoms with Crippen molar-refractivity contribution >= 4 is 41.3 Å². The van der Waals surface area contributed by atoms with Gasteiger partial charge in [-0.05, 0) is 0 Å². The first-order chi connectivity index (χ1) is 5.73. The molecule has 0 aliphatic heterocycles. The first-order valence-corrected chi connectivity index (χ1v) is 4.84. The molecule has 0 bridgehead atoms. The van der Waals surface area contributed by atoms with E-state index < -0.39 is 23.3 Å². The zero-order valence-corrected chi connectivity index (χ0v) is 14.8. The van der Waals surface area contributed by atoms with E-state index in [1.165, 1.54) is 0 Å². The van der Waals surface area contributed by atoms with E-state index in [0.717, 1.165) is 0 Å². The third kappa shape index (κ3) is 1780. The maximum Gasteiger partial charge on any atom is 2.00 e. The minimum absolute atomic E-state index is 0. The van der Waals surface area contributed by atoms with Gasteiger partial charge in [0, 0.05) is 10.4 Å². The van der Waals surface area contributed by atoms with Gasteiger partial charge in [0.1, 0.15) is 0 Å². The van der Waals surface area contributed by atoms with E-state index in [9.17, 15) is 0 Å². The summed E-state index contributed by atoms with van der Waals surface area (Å²) in [5.41, 5.74) is 0. The van der Waals surface area contributed by atoms with Gasteiger partial charge in [0.2, 0.25) is 0 Å². The normalized spacial score (nSPS) is 8.29. The van der Waals surface area contributed by atoms with E-state index in [0.29, 0.717) is 0 Å². The molecule has 0 heterocycles. The fraction of sp³-hybridized carbons (Fsp3) is 0. The summed E-state index contributed by atoms with van der Waals surface area (Å²) in [5, 5.41) is 14.8. The Balaban J connectivity index is -0.0000000247. The average molecular weight is 336 g/mol. The smallest absolute Gasteiger partial charge is 0.759 e. The molecule has 0 atom stereocenters. The molecule has 0 saturated carbocycles. The Morgan fingerprint density at radius 2 is 1.12 bits per heavy atom. The minimum atomic E-state index is -5.17. The van der Waals surface area contributed by atoms with Gasteiger partial charge in [0.25, 0.3) is 7.82 Å². The molecule has 0 spiro atoms. The number of hydrogen-bond donors (Lipinski definition) is 3.